The smallest absolute Gasteiger partial charge is 0.222 e. The molecule has 2 aromatic carbocycles. The minimum absolute atomic E-state index is 0.00236. The summed E-state index contributed by atoms with van der Waals surface area (Å²) in [5, 5.41) is 0. The van der Waals surface area contributed by atoms with Gasteiger partial charge in [-0.3, -0.25) is 9.59 Å². The Morgan fingerprint density at radius 1 is 1.03 bits per heavy atom. The van der Waals surface area contributed by atoms with Gasteiger partial charge in [0, 0.05) is 35.5 Å². The SMILES string of the molecule is O=C(c1ccc2c(c1)OCCO2)C1CCN(C(=O)CCc2ccc(Br)cc2F)CC1. The van der Waals surface area contributed by atoms with E-state index < -0.39 is 0 Å². The summed E-state index contributed by atoms with van der Waals surface area (Å²) in [5.74, 6) is 0.945. The molecule has 1 amide bonds. The van der Waals surface area contributed by atoms with Crippen LogP contribution in [0, 0.1) is 11.7 Å². The highest BCUT2D eigenvalue weighted by Crippen LogP contribution is 2.32. The molecule has 0 bridgehead atoms. The molecule has 4 rings (SSSR count). The zero-order chi connectivity index (χ0) is 21.1. The van der Waals surface area contributed by atoms with Crippen molar-refractivity contribution < 1.29 is 23.5 Å². The molecule has 7 heteroatoms. The number of amides is 1. The van der Waals surface area contributed by atoms with Gasteiger partial charge in [-0.25, -0.2) is 4.39 Å². The van der Waals surface area contributed by atoms with Crippen LogP contribution in [-0.2, 0) is 11.2 Å². The normalized spacial score (nSPS) is 16.4. The number of Topliss-reactive ketones (excluding diaryl/α,β-unsaturated/α-hetero) is 1. The number of halogens is 2. The monoisotopic (exact) mass is 475 g/mol. The predicted octanol–water partition coefficient (Wildman–Crippen LogP) is 4.41. The van der Waals surface area contributed by atoms with Crippen molar-refractivity contribution in [3.8, 4) is 11.5 Å². The number of ketones is 1. The van der Waals surface area contributed by atoms with E-state index in [0.717, 1.165) is 0 Å². The number of hydrogen-bond acceptors (Lipinski definition) is 4. The van der Waals surface area contributed by atoms with E-state index in [1.807, 2.05) is 0 Å². The van der Waals surface area contributed by atoms with E-state index in [1.54, 1.807) is 35.2 Å². The van der Waals surface area contributed by atoms with Crippen molar-refractivity contribution in [3.63, 3.8) is 0 Å². The van der Waals surface area contributed by atoms with Crippen LogP contribution in [0.1, 0.15) is 35.2 Å². The Labute approximate surface area is 183 Å². The van der Waals surface area contributed by atoms with Crippen LogP contribution >= 0.6 is 15.9 Å². The van der Waals surface area contributed by atoms with E-state index in [9.17, 15) is 14.0 Å². The van der Waals surface area contributed by atoms with Gasteiger partial charge in [-0.15, -0.1) is 0 Å². The zero-order valence-corrected chi connectivity index (χ0v) is 18.1. The van der Waals surface area contributed by atoms with E-state index in [0.29, 0.717) is 72.7 Å². The fourth-order valence-electron chi connectivity index (χ4n) is 3.95. The Morgan fingerprint density at radius 2 is 1.77 bits per heavy atom. The van der Waals surface area contributed by atoms with Crippen LogP contribution in [0.3, 0.4) is 0 Å². The van der Waals surface area contributed by atoms with Gasteiger partial charge in [0.1, 0.15) is 19.0 Å². The van der Waals surface area contributed by atoms with Gasteiger partial charge in [-0.1, -0.05) is 22.0 Å². The molecule has 0 atom stereocenters. The first-order valence-electron chi connectivity index (χ1n) is 10.2. The molecule has 2 aromatic rings. The molecule has 30 heavy (non-hydrogen) atoms. The number of rotatable bonds is 5. The molecule has 2 heterocycles. The van der Waals surface area contributed by atoms with Crippen molar-refractivity contribution in [2.24, 2.45) is 5.92 Å². The fourth-order valence-corrected chi connectivity index (χ4v) is 4.28. The number of benzene rings is 2. The number of carbonyl (C=O) groups is 2. The third-order valence-corrected chi connectivity index (χ3v) is 6.16. The number of fused-ring (bicyclic) bond motifs is 1. The average Bonchev–Trinajstić information content (AvgIpc) is 2.77. The number of likely N-dealkylation sites (tertiary alicyclic amines) is 1. The maximum Gasteiger partial charge on any atom is 0.222 e. The second kappa shape index (κ2) is 9.16. The highest BCUT2D eigenvalue weighted by Gasteiger charge is 2.28. The lowest BCUT2D eigenvalue weighted by atomic mass is 9.88. The predicted molar refractivity (Wildman–Crippen MR) is 113 cm³/mol. The average molecular weight is 476 g/mol. The van der Waals surface area contributed by atoms with Gasteiger partial charge in [0.05, 0.1) is 0 Å². The minimum atomic E-state index is -0.305. The number of carbonyl (C=O) groups excluding carboxylic acids is 2. The third kappa shape index (κ3) is 4.67. The molecule has 158 valence electrons. The summed E-state index contributed by atoms with van der Waals surface area (Å²) in [6.45, 7) is 2.09. The highest BCUT2D eigenvalue weighted by molar-refractivity contribution is 9.10. The molecule has 5 nitrogen and oxygen atoms in total. The van der Waals surface area contributed by atoms with Gasteiger partial charge in [-0.05, 0) is 55.2 Å². The lowest BCUT2D eigenvalue weighted by Gasteiger charge is -2.31. The highest BCUT2D eigenvalue weighted by atomic mass is 79.9. The maximum atomic E-state index is 13.9. The quantitative estimate of drug-likeness (QED) is 0.600. The second-order valence-electron chi connectivity index (χ2n) is 7.61. The Morgan fingerprint density at radius 3 is 2.50 bits per heavy atom. The molecule has 0 spiro atoms. The van der Waals surface area contributed by atoms with E-state index in [2.05, 4.69) is 15.9 Å². The largest absolute Gasteiger partial charge is 0.486 e. The number of piperidine rings is 1. The zero-order valence-electron chi connectivity index (χ0n) is 16.5. The molecule has 1 saturated heterocycles. The first-order chi connectivity index (χ1) is 14.5. The van der Waals surface area contributed by atoms with Crippen molar-refractivity contribution in [3.05, 3.63) is 57.8 Å². The Kier molecular flexibility index (Phi) is 6.37. The maximum absolute atomic E-state index is 13.9. The van der Waals surface area contributed by atoms with Crippen molar-refractivity contribution in [2.75, 3.05) is 26.3 Å². The molecular weight excluding hydrogens is 453 g/mol. The number of aryl methyl sites for hydroxylation is 1. The Balaban J connectivity index is 1.30. The van der Waals surface area contributed by atoms with Crippen LogP contribution in [0.2, 0.25) is 0 Å². The summed E-state index contributed by atoms with van der Waals surface area (Å²) >= 11 is 3.24. The summed E-state index contributed by atoms with van der Waals surface area (Å²) in [6.07, 6.45) is 1.89. The van der Waals surface area contributed by atoms with Crippen molar-refractivity contribution in [1.29, 1.82) is 0 Å². The fraction of sp³-hybridized carbons (Fsp3) is 0.391. The standard InChI is InChI=1S/C23H23BrFNO4/c24-18-4-1-15(19(25)14-18)3-6-22(27)26-9-7-16(8-10-26)23(28)17-2-5-20-21(13-17)30-12-11-29-20/h1-2,4-5,13-14,16H,3,6-12H2. The van der Waals surface area contributed by atoms with Crippen LogP contribution in [0.25, 0.3) is 0 Å². The third-order valence-electron chi connectivity index (χ3n) is 5.67. The summed E-state index contributed by atoms with van der Waals surface area (Å²) in [4.78, 5) is 27.2. The first-order valence-corrected chi connectivity index (χ1v) is 11.0. The van der Waals surface area contributed by atoms with Gasteiger partial charge in [0.15, 0.2) is 17.3 Å². The first kappa shape index (κ1) is 20.8. The lowest BCUT2D eigenvalue weighted by Crippen LogP contribution is -2.40. The van der Waals surface area contributed by atoms with E-state index in [4.69, 9.17) is 9.47 Å². The molecule has 0 radical (unpaired) electrons. The molecule has 1 fully saturated rings. The van der Waals surface area contributed by atoms with Gasteiger partial charge in [0.2, 0.25) is 5.91 Å². The van der Waals surface area contributed by atoms with Crippen LogP contribution in [-0.4, -0.2) is 42.9 Å². The van der Waals surface area contributed by atoms with Crippen LogP contribution < -0.4 is 9.47 Å². The molecular formula is C23H23BrFNO4. The Hall–Kier alpha value is -2.41. The minimum Gasteiger partial charge on any atom is -0.486 e. The summed E-state index contributed by atoms with van der Waals surface area (Å²) in [7, 11) is 0. The Bertz CT molecular complexity index is 956. The number of ether oxygens (including phenoxy) is 2. The van der Waals surface area contributed by atoms with Crippen LogP contribution in [0.4, 0.5) is 4.39 Å². The van der Waals surface area contributed by atoms with E-state index in [1.165, 1.54) is 6.07 Å². The van der Waals surface area contributed by atoms with Gasteiger partial charge >= 0.3 is 0 Å². The summed E-state index contributed by atoms with van der Waals surface area (Å²) in [5.41, 5.74) is 1.16. The number of hydrogen-bond donors (Lipinski definition) is 0. The van der Waals surface area contributed by atoms with Crippen molar-refractivity contribution in [1.82, 2.24) is 4.90 Å². The van der Waals surface area contributed by atoms with E-state index >= 15 is 0 Å². The molecule has 0 unspecified atom stereocenters. The molecule has 0 aromatic heterocycles. The second-order valence-corrected chi connectivity index (χ2v) is 8.53. The van der Waals surface area contributed by atoms with Crippen molar-refractivity contribution >= 4 is 27.6 Å². The van der Waals surface area contributed by atoms with Gasteiger partial charge < -0.3 is 14.4 Å². The van der Waals surface area contributed by atoms with Crippen LogP contribution in [0.5, 0.6) is 11.5 Å². The molecule has 2 aliphatic heterocycles. The molecule has 0 aliphatic carbocycles. The van der Waals surface area contributed by atoms with Gasteiger partial charge in [-0.2, -0.15) is 0 Å². The summed E-state index contributed by atoms with van der Waals surface area (Å²) < 4.78 is 25.7. The molecule has 0 saturated carbocycles. The lowest BCUT2D eigenvalue weighted by molar-refractivity contribution is -0.132. The summed E-state index contributed by atoms with van der Waals surface area (Å²) in [6, 6.07) is 10.2. The number of nitrogens with zero attached hydrogens (tertiary/aromatic N) is 1. The topological polar surface area (TPSA) is 55.8 Å². The molecule has 0 N–H and O–H groups in total. The van der Waals surface area contributed by atoms with Crippen LogP contribution in [0.15, 0.2) is 40.9 Å². The molecule has 2 aliphatic rings. The van der Waals surface area contributed by atoms with Crippen molar-refractivity contribution in [2.45, 2.75) is 25.7 Å². The van der Waals surface area contributed by atoms with E-state index in [-0.39, 0.29) is 29.8 Å². The van der Waals surface area contributed by atoms with Gasteiger partial charge in [0.25, 0.3) is 0 Å².